The maximum absolute atomic E-state index is 13.5. The van der Waals surface area contributed by atoms with Crippen LogP contribution in [0.1, 0.15) is 6.92 Å². The highest BCUT2D eigenvalue weighted by Gasteiger charge is 2.15. The third-order valence-electron chi connectivity index (χ3n) is 1.93. The van der Waals surface area contributed by atoms with Crippen LogP contribution in [0.2, 0.25) is 5.02 Å². The second kappa shape index (κ2) is 4.98. The van der Waals surface area contributed by atoms with Gasteiger partial charge in [-0.25, -0.2) is 9.18 Å². The Hall–Kier alpha value is -1.29. The predicted molar refractivity (Wildman–Crippen MR) is 58.9 cm³/mol. The molecule has 1 aromatic rings. The molecule has 0 aliphatic carbocycles. The van der Waals surface area contributed by atoms with Crippen molar-refractivity contribution in [1.82, 2.24) is 5.32 Å². The zero-order valence-corrected chi connectivity index (χ0v) is 9.31. The number of halogens is 2. The molecule has 0 heterocycles. The summed E-state index contributed by atoms with van der Waals surface area (Å²) in [4.78, 5) is 12.6. The molecular formula is C10H12ClFN2O. The van der Waals surface area contributed by atoms with Gasteiger partial charge in [-0.1, -0.05) is 17.7 Å². The summed E-state index contributed by atoms with van der Waals surface area (Å²) in [6.07, 6.45) is 0. The van der Waals surface area contributed by atoms with E-state index in [-0.39, 0.29) is 16.7 Å². The molecule has 1 rings (SSSR count). The van der Waals surface area contributed by atoms with Gasteiger partial charge in [0.2, 0.25) is 0 Å². The van der Waals surface area contributed by atoms with Gasteiger partial charge >= 0.3 is 6.03 Å². The van der Waals surface area contributed by atoms with Crippen molar-refractivity contribution >= 4 is 23.3 Å². The van der Waals surface area contributed by atoms with Gasteiger partial charge in [0.15, 0.2) is 5.82 Å². The molecular weight excluding hydrogens is 219 g/mol. The Kier molecular flexibility index (Phi) is 3.91. The first kappa shape index (κ1) is 11.8. The molecule has 0 spiro atoms. The molecule has 0 radical (unpaired) electrons. The summed E-state index contributed by atoms with van der Waals surface area (Å²) in [7, 11) is 1.49. The van der Waals surface area contributed by atoms with Gasteiger partial charge in [0.1, 0.15) is 0 Å². The van der Waals surface area contributed by atoms with E-state index < -0.39 is 5.82 Å². The van der Waals surface area contributed by atoms with Gasteiger partial charge in [0.25, 0.3) is 0 Å². The SMILES string of the molecule is CCNC(=O)N(C)c1cccc(Cl)c1F. The highest BCUT2D eigenvalue weighted by Crippen LogP contribution is 2.24. The molecule has 1 N–H and O–H groups in total. The second-order valence-electron chi connectivity index (χ2n) is 2.97. The van der Waals surface area contributed by atoms with Crippen LogP contribution in [0.4, 0.5) is 14.9 Å². The van der Waals surface area contributed by atoms with E-state index in [1.807, 2.05) is 0 Å². The molecule has 0 aromatic heterocycles. The molecule has 0 aliphatic heterocycles. The number of carbonyl (C=O) groups excluding carboxylic acids is 1. The third kappa shape index (κ3) is 2.59. The number of hydrogen-bond acceptors (Lipinski definition) is 1. The Morgan fingerprint density at radius 3 is 2.87 bits per heavy atom. The average molecular weight is 231 g/mol. The minimum atomic E-state index is -0.590. The fourth-order valence-electron chi connectivity index (χ4n) is 1.13. The maximum atomic E-state index is 13.5. The molecule has 3 nitrogen and oxygen atoms in total. The summed E-state index contributed by atoms with van der Waals surface area (Å²) in [6, 6.07) is 4.16. The summed E-state index contributed by atoms with van der Waals surface area (Å²) >= 11 is 5.61. The Morgan fingerprint density at radius 2 is 2.27 bits per heavy atom. The monoisotopic (exact) mass is 230 g/mol. The van der Waals surface area contributed by atoms with Crippen LogP contribution in [0.25, 0.3) is 0 Å². The van der Waals surface area contributed by atoms with E-state index in [9.17, 15) is 9.18 Å². The van der Waals surface area contributed by atoms with Gasteiger partial charge in [-0.15, -0.1) is 0 Å². The van der Waals surface area contributed by atoms with Crippen LogP contribution >= 0.6 is 11.6 Å². The molecule has 0 bridgehead atoms. The van der Waals surface area contributed by atoms with Gasteiger partial charge in [0.05, 0.1) is 10.7 Å². The zero-order valence-electron chi connectivity index (χ0n) is 8.55. The Balaban J connectivity index is 2.96. The van der Waals surface area contributed by atoms with Crippen LogP contribution < -0.4 is 10.2 Å². The van der Waals surface area contributed by atoms with Gasteiger partial charge in [-0.05, 0) is 19.1 Å². The lowest BCUT2D eigenvalue weighted by Gasteiger charge is -2.18. The lowest BCUT2D eigenvalue weighted by atomic mass is 10.3. The standard InChI is InChI=1S/C10H12ClFN2O/c1-3-13-10(15)14(2)8-6-4-5-7(11)9(8)12/h4-6H,3H2,1-2H3,(H,13,15). The fourth-order valence-corrected chi connectivity index (χ4v) is 1.30. The van der Waals surface area contributed by atoms with Crippen molar-refractivity contribution in [2.24, 2.45) is 0 Å². The van der Waals surface area contributed by atoms with E-state index in [1.165, 1.54) is 24.1 Å². The number of anilines is 1. The third-order valence-corrected chi connectivity index (χ3v) is 2.22. The molecule has 0 fully saturated rings. The molecule has 0 saturated carbocycles. The molecule has 5 heteroatoms. The molecule has 15 heavy (non-hydrogen) atoms. The summed E-state index contributed by atoms with van der Waals surface area (Å²) < 4.78 is 13.5. The summed E-state index contributed by atoms with van der Waals surface area (Å²) in [6.45, 7) is 2.28. The van der Waals surface area contributed by atoms with Crippen molar-refractivity contribution in [3.8, 4) is 0 Å². The minimum Gasteiger partial charge on any atom is -0.338 e. The van der Waals surface area contributed by atoms with Crippen molar-refractivity contribution in [2.75, 3.05) is 18.5 Å². The normalized spacial score (nSPS) is 9.87. The van der Waals surface area contributed by atoms with Crippen LogP contribution in [0.5, 0.6) is 0 Å². The number of nitrogens with zero attached hydrogens (tertiary/aromatic N) is 1. The summed E-state index contributed by atoms with van der Waals surface area (Å²) in [5.41, 5.74) is 0.161. The molecule has 0 unspecified atom stereocenters. The van der Waals surface area contributed by atoms with E-state index in [2.05, 4.69) is 5.32 Å². The van der Waals surface area contributed by atoms with Crippen LogP contribution in [0, 0.1) is 5.82 Å². The Morgan fingerprint density at radius 1 is 1.60 bits per heavy atom. The Bertz CT molecular complexity index is 370. The van der Waals surface area contributed by atoms with Gasteiger partial charge in [-0.2, -0.15) is 0 Å². The number of carbonyl (C=O) groups is 1. The first-order valence-corrected chi connectivity index (χ1v) is 4.91. The molecule has 82 valence electrons. The van der Waals surface area contributed by atoms with Crippen molar-refractivity contribution in [2.45, 2.75) is 6.92 Å². The van der Waals surface area contributed by atoms with Crippen molar-refractivity contribution in [3.63, 3.8) is 0 Å². The van der Waals surface area contributed by atoms with Gasteiger partial charge < -0.3 is 5.32 Å². The number of hydrogen-bond donors (Lipinski definition) is 1. The van der Waals surface area contributed by atoms with E-state index in [4.69, 9.17) is 11.6 Å². The molecule has 2 amide bonds. The predicted octanol–water partition coefficient (Wildman–Crippen LogP) is 2.64. The topological polar surface area (TPSA) is 32.3 Å². The van der Waals surface area contributed by atoms with Crippen LogP contribution in [-0.2, 0) is 0 Å². The van der Waals surface area contributed by atoms with Crippen molar-refractivity contribution in [3.05, 3.63) is 29.0 Å². The fraction of sp³-hybridized carbons (Fsp3) is 0.300. The van der Waals surface area contributed by atoms with Crippen LogP contribution in [-0.4, -0.2) is 19.6 Å². The lowest BCUT2D eigenvalue weighted by molar-refractivity contribution is 0.248. The molecule has 0 saturated heterocycles. The van der Waals surface area contributed by atoms with E-state index >= 15 is 0 Å². The van der Waals surface area contributed by atoms with E-state index in [0.717, 1.165) is 0 Å². The quantitative estimate of drug-likeness (QED) is 0.832. The van der Waals surface area contributed by atoms with E-state index in [0.29, 0.717) is 6.54 Å². The van der Waals surface area contributed by atoms with Crippen molar-refractivity contribution in [1.29, 1.82) is 0 Å². The van der Waals surface area contributed by atoms with Crippen LogP contribution in [0.15, 0.2) is 18.2 Å². The smallest absolute Gasteiger partial charge is 0.321 e. The first-order valence-electron chi connectivity index (χ1n) is 4.53. The van der Waals surface area contributed by atoms with Crippen LogP contribution in [0.3, 0.4) is 0 Å². The van der Waals surface area contributed by atoms with E-state index in [1.54, 1.807) is 13.0 Å². The largest absolute Gasteiger partial charge is 0.338 e. The minimum absolute atomic E-state index is 0.00338. The number of benzene rings is 1. The molecule has 1 aromatic carbocycles. The summed E-state index contributed by atoms with van der Waals surface area (Å²) in [5.74, 6) is -0.590. The zero-order chi connectivity index (χ0) is 11.4. The van der Waals surface area contributed by atoms with Gasteiger partial charge in [0, 0.05) is 13.6 Å². The average Bonchev–Trinajstić information content (AvgIpc) is 2.21. The highest BCUT2D eigenvalue weighted by atomic mass is 35.5. The highest BCUT2D eigenvalue weighted by molar-refractivity contribution is 6.31. The molecule has 0 aliphatic rings. The first-order chi connectivity index (χ1) is 7.07. The van der Waals surface area contributed by atoms with Gasteiger partial charge in [-0.3, -0.25) is 4.90 Å². The lowest BCUT2D eigenvalue weighted by Crippen LogP contribution is -2.37. The number of nitrogens with one attached hydrogen (secondary N) is 1. The number of rotatable bonds is 2. The summed E-state index contributed by atoms with van der Waals surface area (Å²) in [5, 5.41) is 2.57. The molecule has 0 atom stereocenters. The number of amides is 2. The number of urea groups is 1. The maximum Gasteiger partial charge on any atom is 0.321 e. The van der Waals surface area contributed by atoms with Crippen molar-refractivity contribution < 1.29 is 9.18 Å². The Labute approximate surface area is 92.8 Å². The second-order valence-corrected chi connectivity index (χ2v) is 3.37.